The van der Waals surface area contributed by atoms with Gasteiger partial charge in [0, 0.05) is 11.7 Å². The molecule has 0 amide bonds. The minimum absolute atomic E-state index is 0.172. The SMILES string of the molecule is Cc1ccc(C)c(C(C)Nc2ccc(C(=O)O)cc2)c1. The van der Waals surface area contributed by atoms with E-state index in [0.29, 0.717) is 5.56 Å². The van der Waals surface area contributed by atoms with Gasteiger partial charge in [-0.1, -0.05) is 23.8 Å². The van der Waals surface area contributed by atoms with Crippen molar-refractivity contribution in [3.63, 3.8) is 0 Å². The molecular formula is C17H19NO2. The second-order valence-corrected chi connectivity index (χ2v) is 5.11. The highest BCUT2D eigenvalue weighted by molar-refractivity contribution is 5.88. The van der Waals surface area contributed by atoms with Gasteiger partial charge in [-0.15, -0.1) is 0 Å². The number of aromatic carboxylic acids is 1. The first kappa shape index (κ1) is 14.1. The number of aryl methyl sites for hydroxylation is 2. The zero-order chi connectivity index (χ0) is 14.7. The molecule has 0 aliphatic rings. The van der Waals surface area contributed by atoms with Crippen LogP contribution in [0.3, 0.4) is 0 Å². The van der Waals surface area contributed by atoms with Crippen molar-refractivity contribution in [3.8, 4) is 0 Å². The van der Waals surface area contributed by atoms with E-state index in [2.05, 4.69) is 44.3 Å². The molecule has 0 aliphatic carbocycles. The van der Waals surface area contributed by atoms with Crippen LogP contribution in [0.2, 0.25) is 0 Å². The standard InChI is InChI=1S/C17H19NO2/c1-11-4-5-12(2)16(10-11)13(3)18-15-8-6-14(7-9-15)17(19)20/h4-10,13,18H,1-3H3,(H,19,20). The monoisotopic (exact) mass is 269 g/mol. The number of carbonyl (C=O) groups is 1. The predicted molar refractivity (Wildman–Crippen MR) is 81.4 cm³/mol. The third-order valence-corrected chi connectivity index (χ3v) is 3.42. The Morgan fingerprint density at radius 2 is 1.75 bits per heavy atom. The molecule has 0 heterocycles. The first-order chi connectivity index (χ1) is 9.47. The normalized spacial score (nSPS) is 11.9. The molecule has 0 saturated carbocycles. The molecule has 0 saturated heterocycles. The summed E-state index contributed by atoms with van der Waals surface area (Å²) in [6.07, 6.45) is 0. The Labute approximate surface area is 119 Å². The Hall–Kier alpha value is -2.29. The maximum atomic E-state index is 10.8. The van der Waals surface area contributed by atoms with E-state index >= 15 is 0 Å². The highest BCUT2D eigenvalue weighted by Crippen LogP contribution is 2.23. The van der Waals surface area contributed by atoms with Crippen LogP contribution < -0.4 is 5.32 Å². The van der Waals surface area contributed by atoms with E-state index < -0.39 is 5.97 Å². The largest absolute Gasteiger partial charge is 0.478 e. The summed E-state index contributed by atoms with van der Waals surface area (Å²) in [7, 11) is 0. The Morgan fingerprint density at radius 1 is 1.10 bits per heavy atom. The molecule has 2 N–H and O–H groups in total. The van der Waals surface area contributed by atoms with Crippen LogP contribution >= 0.6 is 0 Å². The average Bonchev–Trinajstić information content (AvgIpc) is 2.42. The van der Waals surface area contributed by atoms with Crippen LogP contribution in [0.4, 0.5) is 5.69 Å². The van der Waals surface area contributed by atoms with Gasteiger partial charge in [0.05, 0.1) is 5.56 Å². The molecule has 0 aliphatic heterocycles. The topological polar surface area (TPSA) is 49.3 Å². The molecule has 0 bridgehead atoms. The maximum absolute atomic E-state index is 10.8. The summed E-state index contributed by atoms with van der Waals surface area (Å²) < 4.78 is 0. The molecule has 20 heavy (non-hydrogen) atoms. The number of hydrogen-bond donors (Lipinski definition) is 2. The van der Waals surface area contributed by atoms with Crippen molar-refractivity contribution >= 4 is 11.7 Å². The molecule has 104 valence electrons. The Bertz CT molecular complexity index is 617. The average molecular weight is 269 g/mol. The number of nitrogens with one attached hydrogen (secondary N) is 1. The van der Waals surface area contributed by atoms with Crippen LogP contribution in [0.15, 0.2) is 42.5 Å². The van der Waals surface area contributed by atoms with Gasteiger partial charge in [-0.2, -0.15) is 0 Å². The molecule has 0 radical (unpaired) electrons. The zero-order valence-electron chi connectivity index (χ0n) is 12.0. The van der Waals surface area contributed by atoms with Gasteiger partial charge in [-0.3, -0.25) is 0 Å². The van der Waals surface area contributed by atoms with Crippen LogP contribution in [-0.4, -0.2) is 11.1 Å². The fraction of sp³-hybridized carbons (Fsp3) is 0.235. The predicted octanol–water partition coefficient (Wildman–Crippen LogP) is 4.17. The van der Waals surface area contributed by atoms with Crippen molar-refractivity contribution in [1.29, 1.82) is 0 Å². The van der Waals surface area contributed by atoms with Crippen molar-refractivity contribution in [3.05, 3.63) is 64.7 Å². The summed E-state index contributed by atoms with van der Waals surface area (Å²) in [5, 5.41) is 12.3. The van der Waals surface area contributed by atoms with Gasteiger partial charge in [0.1, 0.15) is 0 Å². The third-order valence-electron chi connectivity index (χ3n) is 3.42. The summed E-state index contributed by atoms with van der Waals surface area (Å²) in [5.41, 5.74) is 4.96. The maximum Gasteiger partial charge on any atom is 0.335 e. The van der Waals surface area contributed by atoms with Crippen molar-refractivity contribution in [1.82, 2.24) is 0 Å². The number of carboxylic acids is 1. The molecule has 3 nitrogen and oxygen atoms in total. The van der Waals surface area contributed by atoms with Crippen LogP contribution in [0.25, 0.3) is 0 Å². The number of hydrogen-bond acceptors (Lipinski definition) is 2. The van der Waals surface area contributed by atoms with Crippen LogP contribution in [-0.2, 0) is 0 Å². The summed E-state index contributed by atoms with van der Waals surface area (Å²) in [6, 6.07) is 13.4. The van der Waals surface area contributed by atoms with Gasteiger partial charge in [0.15, 0.2) is 0 Å². The summed E-state index contributed by atoms with van der Waals surface area (Å²) in [5.74, 6) is -0.904. The molecule has 2 aromatic carbocycles. The molecule has 3 heteroatoms. The highest BCUT2D eigenvalue weighted by atomic mass is 16.4. The lowest BCUT2D eigenvalue weighted by atomic mass is 10.00. The number of anilines is 1. The fourth-order valence-electron chi connectivity index (χ4n) is 2.26. The third kappa shape index (κ3) is 3.18. The van der Waals surface area contributed by atoms with E-state index in [0.717, 1.165) is 5.69 Å². The summed E-state index contributed by atoms with van der Waals surface area (Å²) in [6.45, 7) is 6.28. The summed E-state index contributed by atoms with van der Waals surface area (Å²) in [4.78, 5) is 10.8. The van der Waals surface area contributed by atoms with Gasteiger partial charge in [-0.05, 0) is 56.2 Å². The molecule has 2 rings (SSSR count). The van der Waals surface area contributed by atoms with Crippen molar-refractivity contribution in [2.45, 2.75) is 26.8 Å². The van der Waals surface area contributed by atoms with Gasteiger partial charge in [0.2, 0.25) is 0 Å². The molecule has 0 fully saturated rings. The van der Waals surface area contributed by atoms with Gasteiger partial charge in [0.25, 0.3) is 0 Å². The molecule has 0 aromatic heterocycles. The minimum atomic E-state index is -0.904. The van der Waals surface area contributed by atoms with E-state index in [9.17, 15) is 4.79 Å². The number of carboxylic acid groups (broad SMARTS) is 1. The van der Waals surface area contributed by atoms with E-state index in [1.165, 1.54) is 16.7 Å². The molecule has 2 aromatic rings. The Kier molecular flexibility index (Phi) is 4.08. The van der Waals surface area contributed by atoms with Crippen molar-refractivity contribution < 1.29 is 9.90 Å². The van der Waals surface area contributed by atoms with E-state index in [-0.39, 0.29) is 6.04 Å². The van der Waals surface area contributed by atoms with Crippen molar-refractivity contribution in [2.24, 2.45) is 0 Å². The van der Waals surface area contributed by atoms with E-state index in [4.69, 9.17) is 5.11 Å². The first-order valence-electron chi connectivity index (χ1n) is 6.64. The Balaban J connectivity index is 2.16. The van der Waals surface area contributed by atoms with E-state index in [1.54, 1.807) is 24.3 Å². The summed E-state index contributed by atoms with van der Waals surface area (Å²) >= 11 is 0. The quantitative estimate of drug-likeness (QED) is 0.875. The molecule has 1 unspecified atom stereocenters. The second kappa shape index (κ2) is 5.78. The van der Waals surface area contributed by atoms with E-state index in [1.807, 2.05) is 0 Å². The molecule has 0 spiro atoms. The first-order valence-corrected chi connectivity index (χ1v) is 6.64. The van der Waals surface area contributed by atoms with Crippen LogP contribution in [0, 0.1) is 13.8 Å². The van der Waals surface area contributed by atoms with Crippen LogP contribution in [0.5, 0.6) is 0 Å². The minimum Gasteiger partial charge on any atom is -0.478 e. The van der Waals surface area contributed by atoms with Gasteiger partial charge in [-0.25, -0.2) is 4.79 Å². The Morgan fingerprint density at radius 3 is 2.35 bits per heavy atom. The van der Waals surface area contributed by atoms with Crippen LogP contribution in [0.1, 0.15) is 40.0 Å². The lowest BCUT2D eigenvalue weighted by Gasteiger charge is -2.18. The number of rotatable bonds is 4. The van der Waals surface area contributed by atoms with Crippen molar-refractivity contribution in [2.75, 3.05) is 5.32 Å². The zero-order valence-corrected chi connectivity index (χ0v) is 12.0. The van der Waals surface area contributed by atoms with Gasteiger partial charge < -0.3 is 10.4 Å². The lowest BCUT2D eigenvalue weighted by Crippen LogP contribution is -2.08. The number of benzene rings is 2. The molecule has 1 atom stereocenters. The molecular weight excluding hydrogens is 250 g/mol. The lowest BCUT2D eigenvalue weighted by molar-refractivity contribution is 0.0697. The second-order valence-electron chi connectivity index (χ2n) is 5.11. The smallest absolute Gasteiger partial charge is 0.335 e. The highest BCUT2D eigenvalue weighted by Gasteiger charge is 2.09. The van der Waals surface area contributed by atoms with Gasteiger partial charge >= 0.3 is 5.97 Å². The fourth-order valence-corrected chi connectivity index (χ4v) is 2.26.